The quantitative estimate of drug-likeness (QED) is 0.716. The molecule has 2 rings (SSSR count). The lowest BCUT2D eigenvalue weighted by Gasteiger charge is -2.25. The van der Waals surface area contributed by atoms with Crippen LogP contribution in [0, 0.1) is 0 Å². The Morgan fingerprint density at radius 3 is 2.47 bits per heavy atom. The second-order valence-corrected chi connectivity index (χ2v) is 5.05. The highest BCUT2D eigenvalue weighted by Gasteiger charge is 2.11. The van der Waals surface area contributed by atoms with E-state index in [-0.39, 0.29) is 0 Å². The van der Waals surface area contributed by atoms with Gasteiger partial charge in [0.05, 0.1) is 0 Å². The van der Waals surface area contributed by atoms with Crippen LogP contribution in [0.4, 0.5) is 5.95 Å². The van der Waals surface area contributed by atoms with Crippen molar-refractivity contribution in [3.63, 3.8) is 0 Å². The van der Waals surface area contributed by atoms with Crippen LogP contribution in [0.2, 0.25) is 0 Å². The van der Waals surface area contributed by atoms with Crippen LogP contribution < -0.4 is 4.90 Å². The van der Waals surface area contributed by atoms with Gasteiger partial charge in [-0.2, -0.15) is 0 Å². The number of benzene rings is 1. The summed E-state index contributed by atoms with van der Waals surface area (Å²) in [5, 5.41) is 0. The zero-order chi connectivity index (χ0) is 13.7. The summed E-state index contributed by atoms with van der Waals surface area (Å²) >= 11 is 0. The van der Waals surface area contributed by atoms with Gasteiger partial charge in [0.25, 0.3) is 0 Å². The first-order chi connectivity index (χ1) is 9.16. The van der Waals surface area contributed by atoms with Crippen molar-refractivity contribution in [2.45, 2.75) is 6.54 Å². The number of hydrogen-bond acceptors (Lipinski definition) is 3. The van der Waals surface area contributed by atoms with E-state index in [0.29, 0.717) is 0 Å². The number of nitrogens with zero attached hydrogens (tertiary/aromatic N) is 4. The van der Waals surface area contributed by atoms with Crippen LogP contribution in [0.5, 0.6) is 0 Å². The Morgan fingerprint density at radius 2 is 1.89 bits per heavy atom. The van der Waals surface area contributed by atoms with Crippen molar-refractivity contribution in [1.82, 2.24) is 14.4 Å². The predicted molar refractivity (Wildman–Crippen MR) is 82.2 cm³/mol. The molecule has 0 bridgehead atoms. The molecule has 100 valence electrons. The second-order valence-electron chi connectivity index (χ2n) is 5.05. The lowest BCUT2D eigenvalue weighted by atomic mass is 10.2. The number of likely N-dealkylation sites (N-methyl/N-ethyl adjacent to an activating group) is 1. The molecule has 1 aromatic carbocycles. The number of rotatable bonds is 6. The van der Waals surface area contributed by atoms with Crippen LogP contribution in [-0.2, 0) is 6.54 Å². The maximum atomic E-state index is 4.46. The average Bonchev–Trinajstić information content (AvgIpc) is 2.82. The minimum absolute atomic E-state index is 0.888. The summed E-state index contributed by atoms with van der Waals surface area (Å²) in [6.07, 6.45) is 3.84. The van der Waals surface area contributed by atoms with E-state index in [0.717, 1.165) is 25.6 Å². The summed E-state index contributed by atoms with van der Waals surface area (Å²) in [5.74, 6) is 1.02. The minimum Gasteiger partial charge on any atom is -0.370 e. The van der Waals surface area contributed by atoms with E-state index in [9.17, 15) is 0 Å². The van der Waals surface area contributed by atoms with E-state index in [1.807, 2.05) is 20.4 Å². The Kier molecular flexibility index (Phi) is 4.63. The van der Waals surface area contributed by atoms with Crippen molar-refractivity contribution in [1.29, 1.82) is 0 Å². The highest BCUT2D eigenvalue weighted by atomic mass is 15.3. The van der Waals surface area contributed by atoms with Crippen molar-refractivity contribution in [3.8, 4) is 0 Å². The third-order valence-electron chi connectivity index (χ3n) is 3.11. The summed E-state index contributed by atoms with van der Waals surface area (Å²) in [6.45, 7) is 2.87. The zero-order valence-electron chi connectivity index (χ0n) is 12.0. The lowest BCUT2D eigenvalue weighted by molar-refractivity contribution is 0.411. The van der Waals surface area contributed by atoms with Crippen molar-refractivity contribution < 1.29 is 0 Å². The molecule has 0 unspecified atom stereocenters. The Labute approximate surface area is 116 Å². The normalized spacial score (nSPS) is 10.9. The molecule has 0 spiro atoms. The maximum Gasteiger partial charge on any atom is 0.226 e. The fourth-order valence-corrected chi connectivity index (χ4v) is 2.04. The fraction of sp³-hybridized carbons (Fsp3) is 0.357. The number of aromatic nitrogens is 2. The number of hydrogen-bond donors (Lipinski definition) is 0. The first-order valence-electron chi connectivity index (χ1n) is 6.58. The molecule has 5 heteroatoms. The highest BCUT2D eigenvalue weighted by Crippen LogP contribution is 2.13. The first kappa shape index (κ1) is 13.7. The summed E-state index contributed by atoms with van der Waals surface area (Å²) in [5.41, 5.74) is 1.31. The molecule has 0 aliphatic carbocycles. The van der Waals surface area contributed by atoms with E-state index in [1.165, 1.54) is 5.56 Å². The molecule has 0 amide bonds. The minimum atomic E-state index is 0.888. The van der Waals surface area contributed by atoms with Gasteiger partial charge in [-0.25, -0.2) is 4.98 Å². The largest absolute Gasteiger partial charge is 0.370 e. The van der Waals surface area contributed by atoms with Crippen LogP contribution in [0.1, 0.15) is 5.56 Å². The number of anilines is 1. The standard InChI is InChI=1S/C14H21BN4/c1-17(2)10-11-18(14-16-8-9-19(14)15)12-13-6-4-3-5-7-13/h3-9H,10-12,15H2,1-2H3. The fourth-order valence-electron chi connectivity index (χ4n) is 2.04. The molecule has 0 aliphatic rings. The van der Waals surface area contributed by atoms with E-state index in [1.54, 1.807) is 0 Å². The van der Waals surface area contributed by atoms with Gasteiger partial charge in [0, 0.05) is 32.0 Å². The molecule has 0 aliphatic heterocycles. The van der Waals surface area contributed by atoms with Gasteiger partial charge in [-0.3, -0.25) is 0 Å². The average molecular weight is 256 g/mol. The lowest BCUT2D eigenvalue weighted by Crippen LogP contribution is -2.33. The summed E-state index contributed by atoms with van der Waals surface area (Å²) in [7, 11) is 6.23. The second kappa shape index (κ2) is 6.43. The summed E-state index contributed by atoms with van der Waals surface area (Å²) in [4.78, 5) is 8.97. The molecule has 4 nitrogen and oxygen atoms in total. The molecule has 0 N–H and O–H groups in total. The Hall–Kier alpha value is -1.75. The number of imidazole rings is 1. The van der Waals surface area contributed by atoms with Crippen molar-refractivity contribution in [3.05, 3.63) is 48.3 Å². The highest BCUT2D eigenvalue weighted by molar-refractivity contribution is 6.08. The zero-order valence-corrected chi connectivity index (χ0v) is 12.0. The van der Waals surface area contributed by atoms with Crippen LogP contribution in [0.15, 0.2) is 42.7 Å². The van der Waals surface area contributed by atoms with Crippen LogP contribution in [0.25, 0.3) is 0 Å². The molecule has 19 heavy (non-hydrogen) atoms. The molecule has 1 aromatic heterocycles. The molecule has 2 aromatic rings. The molecule has 0 atom stereocenters. The Balaban J connectivity index is 2.13. The SMILES string of the molecule is Bn1ccnc1N(CCN(C)C)Cc1ccccc1. The van der Waals surface area contributed by atoms with Crippen LogP contribution >= 0.6 is 0 Å². The van der Waals surface area contributed by atoms with Gasteiger partial charge >= 0.3 is 0 Å². The molecule has 0 fully saturated rings. The summed E-state index contributed by atoms with van der Waals surface area (Å²) < 4.78 is 2.07. The maximum absolute atomic E-state index is 4.46. The molecular formula is C14H21BN4. The van der Waals surface area contributed by atoms with E-state index in [4.69, 9.17) is 0 Å². The van der Waals surface area contributed by atoms with Gasteiger partial charge in [0.2, 0.25) is 7.98 Å². The van der Waals surface area contributed by atoms with E-state index >= 15 is 0 Å². The van der Waals surface area contributed by atoms with Gasteiger partial charge < -0.3 is 14.3 Å². The molecule has 0 saturated carbocycles. The monoisotopic (exact) mass is 256 g/mol. The van der Waals surface area contributed by atoms with Crippen molar-refractivity contribution in [2.75, 3.05) is 32.1 Å². The summed E-state index contributed by atoms with van der Waals surface area (Å²) in [6, 6.07) is 10.5. The predicted octanol–water partition coefficient (Wildman–Crippen LogP) is 0.847. The topological polar surface area (TPSA) is 24.3 Å². The third-order valence-corrected chi connectivity index (χ3v) is 3.11. The van der Waals surface area contributed by atoms with Gasteiger partial charge in [0.15, 0.2) is 5.95 Å². The molecular weight excluding hydrogens is 235 g/mol. The van der Waals surface area contributed by atoms with Gasteiger partial charge in [0.1, 0.15) is 0 Å². The van der Waals surface area contributed by atoms with Gasteiger partial charge in [-0.1, -0.05) is 30.3 Å². The molecule has 0 radical (unpaired) electrons. The van der Waals surface area contributed by atoms with Crippen molar-refractivity contribution >= 4 is 13.9 Å². The molecule has 0 saturated heterocycles. The van der Waals surface area contributed by atoms with Gasteiger partial charge in [-0.05, 0) is 19.7 Å². The van der Waals surface area contributed by atoms with Gasteiger partial charge in [-0.15, -0.1) is 0 Å². The smallest absolute Gasteiger partial charge is 0.226 e. The molecule has 1 heterocycles. The van der Waals surface area contributed by atoms with Crippen molar-refractivity contribution in [2.24, 2.45) is 0 Å². The Morgan fingerprint density at radius 1 is 1.16 bits per heavy atom. The van der Waals surface area contributed by atoms with E-state index in [2.05, 4.69) is 63.7 Å². The van der Waals surface area contributed by atoms with Crippen LogP contribution in [0.3, 0.4) is 0 Å². The van der Waals surface area contributed by atoms with E-state index < -0.39 is 0 Å². The Bertz CT molecular complexity index is 495. The third kappa shape index (κ3) is 3.86. The first-order valence-corrected chi connectivity index (χ1v) is 6.58. The van der Waals surface area contributed by atoms with Crippen LogP contribution in [-0.4, -0.2) is 49.5 Å².